The van der Waals surface area contributed by atoms with Gasteiger partial charge in [-0.2, -0.15) is 5.26 Å². The number of aromatic hydroxyl groups is 1. The number of carboxylic acid groups (broad SMARTS) is 1. The Balaban J connectivity index is 1.66. The third-order valence-corrected chi connectivity index (χ3v) is 5.22. The number of amides is 1. The van der Waals surface area contributed by atoms with E-state index in [-0.39, 0.29) is 17.6 Å². The van der Waals surface area contributed by atoms with Gasteiger partial charge in [-0.3, -0.25) is 4.40 Å². The van der Waals surface area contributed by atoms with E-state index in [1.54, 1.807) is 6.07 Å². The zero-order valence-electron chi connectivity index (χ0n) is 15.3. The smallest absolute Gasteiger partial charge is 0.407 e. The molecule has 0 aromatic carbocycles. The molecule has 1 fully saturated rings. The molecule has 1 unspecified atom stereocenters. The Bertz CT molecular complexity index is 1090. The number of fused-ring (bicyclic) bond motifs is 1. The topological polar surface area (TPSA) is 133 Å². The standard InChI is InChI=1S/C18H19N7O3/c1-11-17(12-7-15-20-10-14(9-19)24(15)16(26)8-12)21-22-25(11)13-3-2-5-23(6-4-13)18(27)28/h7-8,10,13,26H,2-6H2,1H3,(H,27,28). The number of nitriles is 1. The van der Waals surface area contributed by atoms with Crippen molar-refractivity contribution in [3.63, 3.8) is 0 Å². The number of nitrogens with zero attached hydrogens (tertiary/aromatic N) is 7. The summed E-state index contributed by atoms with van der Waals surface area (Å²) in [5.41, 5.74) is 2.82. The van der Waals surface area contributed by atoms with Gasteiger partial charge in [0.15, 0.2) is 5.88 Å². The highest BCUT2D eigenvalue weighted by Crippen LogP contribution is 2.30. The molecule has 0 aliphatic carbocycles. The maximum atomic E-state index is 11.2. The van der Waals surface area contributed by atoms with Gasteiger partial charge >= 0.3 is 6.09 Å². The lowest BCUT2D eigenvalue weighted by atomic mass is 10.1. The summed E-state index contributed by atoms with van der Waals surface area (Å²) < 4.78 is 3.21. The molecule has 1 amide bonds. The van der Waals surface area contributed by atoms with Crippen LogP contribution in [0.1, 0.15) is 36.7 Å². The summed E-state index contributed by atoms with van der Waals surface area (Å²) in [6, 6.07) is 5.35. The summed E-state index contributed by atoms with van der Waals surface area (Å²) in [5.74, 6) is -0.0953. The van der Waals surface area contributed by atoms with Crippen molar-refractivity contribution in [3.05, 3.63) is 29.7 Å². The summed E-state index contributed by atoms with van der Waals surface area (Å²) in [7, 11) is 0. The second-order valence-electron chi connectivity index (χ2n) is 6.87. The molecule has 1 atom stereocenters. The van der Waals surface area contributed by atoms with Gasteiger partial charge in [-0.1, -0.05) is 5.21 Å². The highest BCUT2D eigenvalue weighted by molar-refractivity contribution is 5.68. The van der Waals surface area contributed by atoms with Crippen molar-refractivity contribution in [2.45, 2.75) is 32.2 Å². The normalized spacial score (nSPS) is 17.4. The largest absolute Gasteiger partial charge is 0.494 e. The van der Waals surface area contributed by atoms with Crippen LogP contribution in [0.2, 0.25) is 0 Å². The van der Waals surface area contributed by atoms with E-state index in [9.17, 15) is 15.0 Å². The fraction of sp³-hybridized carbons (Fsp3) is 0.389. The van der Waals surface area contributed by atoms with Crippen LogP contribution in [0.4, 0.5) is 4.79 Å². The van der Waals surface area contributed by atoms with E-state index >= 15 is 0 Å². The lowest BCUT2D eigenvalue weighted by Crippen LogP contribution is -2.30. The molecule has 2 N–H and O–H groups in total. The van der Waals surface area contributed by atoms with Crippen molar-refractivity contribution in [1.29, 1.82) is 5.26 Å². The highest BCUT2D eigenvalue weighted by Gasteiger charge is 2.24. The van der Waals surface area contributed by atoms with E-state index < -0.39 is 6.09 Å². The first-order chi connectivity index (χ1) is 13.5. The third kappa shape index (κ3) is 2.90. The second kappa shape index (κ2) is 6.84. The van der Waals surface area contributed by atoms with E-state index in [4.69, 9.17) is 5.26 Å². The molecule has 4 heterocycles. The van der Waals surface area contributed by atoms with E-state index in [2.05, 4.69) is 15.3 Å². The van der Waals surface area contributed by atoms with Crippen LogP contribution in [-0.4, -0.2) is 58.7 Å². The number of aromatic nitrogens is 5. The Kier molecular flexibility index (Phi) is 4.35. The van der Waals surface area contributed by atoms with Crippen molar-refractivity contribution >= 4 is 11.7 Å². The van der Waals surface area contributed by atoms with Crippen molar-refractivity contribution in [1.82, 2.24) is 29.3 Å². The van der Waals surface area contributed by atoms with E-state index in [1.807, 2.05) is 17.7 Å². The molecule has 10 nitrogen and oxygen atoms in total. The van der Waals surface area contributed by atoms with Crippen LogP contribution in [0.15, 0.2) is 18.3 Å². The first-order valence-electron chi connectivity index (χ1n) is 9.00. The molecule has 144 valence electrons. The Hall–Kier alpha value is -3.61. The van der Waals surface area contributed by atoms with Gasteiger partial charge in [0.1, 0.15) is 23.1 Å². The first-order valence-corrected chi connectivity index (χ1v) is 9.00. The van der Waals surface area contributed by atoms with Gasteiger partial charge in [0.25, 0.3) is 0 Å². The molecule has 3 aromatic heterocycles. The van der Waals surface area contributed by atoms with Crippen LogP contribution in [0, 0.1) is 18.3 Å². The number of pyridine rings is 1. The van der Waals surface area contributed by atoms with Gasteiger partial charge in [0, 0.05) is 24.7 Å². The number of imidazole rings is 1. The van der Waals surface area contributed by atoms with E-state index in [1.165, 1.54) is 21.6 Å². The summed E-state index contributed by atoms with van der Waals surface area (Å²) >= 11 is 0. The second-order valence-corrected chi connectivity index (χ2v) is 6.87. The van der Waals surface area contributed by atoms with Crippen molar-refractivity contribution < 1.29 is 15.0 Å². The fourth-order valence-corrected chi connectivity index (χ4v) is 3.78. The van der Waals surface area contributed by atoms with Gasteiger partial charge in [-0.25, -0.2) is 14.5 Å². The minimum Gasteiger partial charge on any atom is -0.494 e. The molecule has 10 heteroatoms. The zero-order valence-corrected chi connectivity index (χ0v) is 15.3. The van der Waals surface area contributed by atoms with Gasteiger partial charge in [0.05, 0.1) is 17.9 Å². The number of likely N-dealkylation sites (tertiary alicyclic amines) is 1. The maximum Gasteiger partial charge on any atom is 0.407 e. The van der Waals surface area contributed by atoms with Crippen LogP contribution >= 0.6 is 0 Å². The van der Waals surface area contributed by atoms with Crippen molar-refractivity contribution in [2.24, 2.45) is 0 Å². The summed E-state index contributed by atoms with van der Waals surface area (Å²) in [6.07, 6.45) is 2.78. The first kappa shape index (κ1) is 17.8. The Morgan fingerprint density at radius 3 is 2.89 bits per heavy atom. The molecule has 1 aliphatic rings. The Morgan fingerprint density at radius 1 is 1.32 bits per heavy atom. The summed E-state index contributed by atoms with van der Waals surface area (Å²) in [5, 5.41) is 37.2. The Labute approximate surface area is 160 Å². The number of rotatable bonds is 2. The predicted molar refractivity (Wildman–Crippen MR) is 97.8 cm³/mol. The molecular formula is C18H19N7O3. The van der Waals surface area contributed by atoms with E-state index in [0.717, 1.165) is 18.5 Å². The Morgan fingerprint density at radius 2 is 2.14 bits per heavy atom. The molecular weight excluding hydrogens is 362 g/mol. The zero-order chi connectivity index (χ0) is 19.8. The molecule has 28 heavy (non-hydrogen) atoms. The molecule has 3 aromatic rings. The number of carbonyl (C=O) groups is 1. The van der Waals surface area contributed by atoms with Crippen molar-refractivity contribution in [3.8, 4) is 23.2 Å². The molecule has 0 radical (unpaired) electrons. The average Bonchev–Trinajstić information content (AvgIpc) is 3.17. The average molecular weight is 381 g/mol. The van der Waals surface area contributed by atoms with Crippen molar-refractivity contribution in [2.75, 3.05) is 13.1 Å². The highest BCUT2D eigenvalue weighted by atomic mass is 16.4. The quantitative estimate of drug-likeness (QED) is 0.695. The van der Waals surface area contributed by atoms with Gasteiger partial charge < -0.3 is 15.1 Å². The van der Waals surface area contributed by atoms with Crippen LogP contribution in [0.3, 0.4) is 0 Å². The number of hydrogen-bond acceptors (Lipinski definition) is 6. The monoisotopic (exact) mass is 381 g/mol. The lowest BCUT2D eigenvalue weighted by Gasteiger charge is -2.17. The molecule has 1 saturated heterocycles. The van der Waals surface area contributed by atoms with Gasteiger partial charge in [-0.05, 0) is 32.3 Å². The fourth-order valence-electron chi connectivity index (χ4n) is 3.78. The predicted octanol–water partition coefficient (Wildman–Crippen LogP) is 2.18. The third-order valence-electron chi connectivity index (χ3n) is 5.22. The SMILES string of the molecule is Cc1c(-c2cc(O)n3c(C#N)cnc3c2)nnn1C1CCCN(C(=O)O)CC1. The number of hydrogen-bond donors (Lipinski definition) is 2. The van der Waals surface area contributed by atoms with Crippen LogP contribution in [-0.2, 0) is 0 Å². The molecule has 0 bridgehead atoms. The van der Waals surface area contributed by atoms with Gasteiger partial charge in [-0.15, -0.1) is 5.10 Å². The lowest BCUT2D eigenvalue weighted by molar-refractivity contribution is 0.146. The minimum atomic E-state index is -0.892. The van der Waals surface area contributed by atoms with Gasteiger partial charge in [0.2, 0.25) is 0 Å². The van der Waals surface area contributed by atoms with Crippen LogP contribution in [0.5, 0.6) is 5.88 Å². The molecule has 0 spiro atoms. The van der Waals surface area contributed by atoms with Crippen LogP contribution in [0.25, 0.3) is 16.9 Å². The maximum absolute atomic E-state index is 11.2. The molecule has 0 saturated carbocycles. The summed E-state index contributed by atoms with van der Waals surface area (Å²) in [6.45, 7) is 2.90. The minimum absolute atomic E-state index is 0.0690. The van der Waals surface area contributed by atoms with Crippen LogP contribution < -0.4 is 0 Å². The molecule has 4 rings (SSSR count). The van der Waals surface area contributed by atoms with E-state index in [0.29, 0.717) is 36.4 Å². The molecule has 1 aliphatic heterocycles. The summed E-state index contributed by atoms with van der Waals surface area (Å²) in [4.78, 5) is 16.8.